The fourth-order valence-electron chi connectivity index (χ4n) is 3.75. The van der Waals surface area contributed by atoms with Crippen molar-refractivity contribution in [2.24, 2.45) is 5.92 Å². The van der Waals surface area contributed by atoms with Gasteiger partial charge >= 0.3 is 0 Å². The minimum absolute atomic E-state index is 0.149. The van der Waals surface area contributed by atoms with E-state index in [-0.39, 0.29) is 18.0 Å². The molecule has 22 heavy (non-hydrogen) atoms. The number of benzene rings is 1. The molecule has 4 nitrogen and oxygen atoms in total. The van der Waals surface area contributed by atoms with Crippen molar-refractivity contribution in [2.75, 3.05) is 0 Å². The van der Waals surface area contributed by atoms with Gasteiger partial charge in [0.15, 0.2) is 0 Å². The molecule has 2 N–H and O–H groups in total. The molecule has 0 unspecified atom stereocenters. The number of aryl methyl sites for hydroxylation is 1. The second-order valence-electron chi connectivity index (χ2n) is 6.33. The number of nitrogens with zero attached hydrogens (tertiary/aromatic N) is 1. The highest BCUT2D eigenvalue weighted by Crippen LogP contribution is 2.47. The summed E-state index contributed by atoms with van der Waals surface area (Å²) >= 11 is 0. The van der Waals surface area contributed by atoms with E-state index in [1.807, 2.05) is 6.92 Å². The summed E-state index contributed by atoms with van der Waals surface area (Å²) in [6, 6.07) is 6.41. The Balaban J connectivity index is 2.28. The third-order valence-corrected chi connectivity index (χ3v) is 4.59. The van der Waals surface area contributed by atoms with Crippen LogP contribution in [0.25, 0.3) is 0 Å². The molecule has 0 saturated carbocycles. The quantitative estimate of drug-likeness (QED) is 0.896. The SMILES string of the molecule is CC(=O)[C@@H]1[C@@H](c2ccccc2F)c2c(n[nH]c2C)C[C@@]1(C)O. The van der Waals surface area contributed by atoms with Gasteiger partial charge in [-0.05, 0) is 32.4 Å². The van der Waals surface area contributed by atoms with E-state index in [2.05, 4.69) is 10.2 Å². The zero-order valence-electron chi connectivity index (χ0n) is 12.9. The van der Waals surface area contributed by atoms with Gasteiger partial charge in [0.1, 0.15) is 11.6 Å². The van der Waals surface area contributed by atoms with Crippen molar-refractivity contribution in [3.8, 4) is 0 Å². The van der Waals surface area contributed by atoms with Gasteiger partial charge in [-0.1, -0.05) is 18.2 Å². The minimum Gasteiger partial charge on any atom is -0.389 e. The summed E-state index contributed by atoms with van der Waals surface area (Å²) in [4.78, 5) is 12.2. The molecule has 0 saturated heterocycles. The Morgan fingerprint density at radius 3 is 2.77 bits per heavy atom. The minimum atomic E-state index is -1.26. The number of nitrogens with one attached hydrogen (secondary N) is 1. The van der Waals surface area contributed by atoms with Crippen LogP contribution < -0.4 is 0 Å². The lowest BCUT2D eigenvalue weighted by Gasteiger charge is -2.41. The Morgan fingerprint density at radius 1 is 1.45 bits per heavy atom. The van der Waals surface area contributed by atoms with Crippen LogP contribution in [0.4, 0.5) is 4.39 Å². The first-order valence-electron chi connectivity index (χ1n) is 7.34. The van der Waals surface area contributed by atoms with Gasteiger partial charge < -0.3 is 5.11 Å². The highest BCUT2D eigenvalue weighted by Gasteiger charge is 2.49. The van der Waals surface area contributed by atoms with Crippen molar-refractivity contribution in [3.63, 3.8) is 0 Å². The fourth-order valence-corrected chi connectivity index (χ4v) is 3.75. The Morgan fingerprint density at radius 2 is 2.14 bits per heavy atom. The molecule has 0 bridgehead atoms. The highest BCUT2D eigenvalue weighted by molar-refractivity contribution is 5.82. The number of aromatic nitrogens is 2. The number of aromatic amines is 1. The molecule has 3 rings (SSSR count). The first-order valence-corrected chi connectivity index (χ1v) is 7.34. The zero-order valence-corrected chi connectivity index (χ0v) is 12.9. The van der Waals surface area contributed by atoms with Crippen LogP contribution in [0.3, 0.4) is 0 Å². The normalized spacial score (nSPS) is 27.5. The van der Waals surface area contributed by atoms with E-state index in [0.717, 1.165) is 11.3 Å². The van der Waals surface area contributed by atoms with Gasteiger partial charge in [0.05, 0.1) is 17.2 Å². The van der Waals surface area contributed by atoms with Gasteiger partial charge in [0.25, 0.3) is 0 Å². The molecule has 1 aliphatic carbocycles. The molecule has 5 heteroatoms. The smallest absolute Gasteiger partial charge is 0.136 e. The number of ketones is 1. The summed E-state index contributed by atoms with van der Waals surface area (Å²) in [6.07, 6.45) is 0.280. The van der Waals surface area contributed by atoms with Gasteiger partial charge in [-0.2, -0.15) is 5.10 Å². The van der Waals surface area contributed by atoms with Crippen LogP contribution in [-0.2, 0) is 11.2 Å². The van der Waals surface area contributed by atoms with E-state index in [1.165, 1.54) is 13.0 Å². The number of carbonyl (C=O) groups excluding carboxylic acids is 1. The van der Waals surface area contributed by atoms with Crippen molar-refractivity contribution >= 4 is 5.78 Å². The summed E-state index contributed by atoms with van der Waals surface area (Å²) in [6.45, 7) is 4.93. The Kier molecular flexibility index (Phi) is 3.40. The molecule has 0 amide bonds. The van der Waals surface area contributed by atoms with Crippen molar-refractivity contribution in [1.82, 2.24) is 10.2 Å². The largest absolute Gasteiger partial charge is 0.389 e. The molecular formula is C17H19FN2O2. The van der Waals surface area contributed by atoms with E-state index >= 15 is 0 Å². The highest BCUT2D eigenvalue weighted by atomic mass is 19.1. The Labute approximate surface area is 128 Å². The van der Waals surface area contributed by atoms with Crippen LogP contribution >= 0.6 is 0 Å². The van der Waals surface area contributed by atoms with Gasteiger partial charge in [-0.25, -0.2) is 4.39 Å². The van der Waals surface area contributed by atoms with Crippen LogP contribution in [-0.4, -0.2) is 26.7 Å². The molecule has 0 radical (unpaired) electrons. The Hall–Kier alpha value is -2.01. The first-order chi connectivity index (χ1) is 10.3. The number of carbonyl (C=O) groups is 1. The topological polar surface area (TPSA) is 66.0 Å². The van der Waals surface area contributed by atoms with Gasteiger partial charge in [-0.3, -0.25) is 9.89 Å². The monoisotopic (exact) mass is 302 g/mol. The molecule has 116 valence electrons. The van der Waals surface area contributed by atoms with Gasteiger partial charge in [-0.15, -0.1) is 0 Å². The van der Waals surface area contributed by atoms with Crippen molar-refractivity contribution < 1.29 is 14.3 Å². The lowest BCUT2D eigenvalue weighted by atomic mass is 9.64. The molecule has 0 fully saturated rings. The molecule has 3 atom stereocenters. The standard InChI is InChI=1S/C17H19FN2O2/c1-9-14-13(20-19-9)8-17(3,22)16(10(2)21)15(14)11-6-4-5-7-12(11)18/h4-7,15-16,22H,8H2,1-3H3,(H,19,20)/t15-,16+,17+/m0/s1. The van der Waals surface area contributed by atoms with E-state index in [1.54, 1.807) is 25.1 Å². The molecule has 1 aromatic heterocycles. The maximum atomic E-state index is 14.4. The second kappa shape index (κ2) is 5.02. The van der Waals surface area contributed by atoms with Crippen LogP contribution in [0.1, 0.15) is 42.3 Å². The number of rotatable bonds is 2. The van der Waals surface area contributed by atoms with Crippen molar-refractivity contribution in [3.05, 3.63) is 52.6 Å². The van der Waals surface area contributed by atoms with Crippen molar-refractivity contribution in [1.29, 1.82) is 0 Å². The van der Waals surface area contributed by atoms with Gasteiger partial charge in [0.2, 0.25) is 0 Å². The third-order valence-electron chi connectivity index (χ3n) is 4.59. The molecule has 1 aliphatic rings. The van der Waals surface area contributed by atoms with Crippen molar-refractivity contribution in [2.45, 2.75) is 38.7 Å². The van der Waals surface area contributed by atoms with E-state index < -0.39 is 17.4 Å². The number of hydrogen-bond acceptors (Lipinski definition) is 3. The molecule has 1 aromatic carbocycles. The second-order valence-corrected chi connectivity index (χ2v) is 6.33. The number of H-pyrrole nitrogens is 1. The molecule has 0 aliphatic heterocycles. The number of fused-ring (bicyclic) bond motifs is 1. The van der Waals surface area contributed by atoms with Crippen LogP contribution in [0.2, 0.25) is 0 Å². The average molecular weight is 302 g/mol. The zero-order chi connectivity index (χ0) is 16.1. The van der Waals surface area contributed by atoms with Crippen LogP contribution in [0.15, 0.2) is 24.3 Å². The number of hydrogen-bond donors (Lipinski definition) is 2. The first kappa shape index (κ1) is 14.9. The molecule has 2 aromatic rings. The van der Waals surface area contributed by atoms with E-state index in [9.17, 15) is 14.3 Å². The Bertz CT molecular complexity index is 736. The predicted molar refractivity (Wildman–Crippen MR) is 80.1 cm³/mol. The fraction of sp³-hybridized carbons (Fsp3) is 0.412. The van der Waals surface area contributed by atoms with Crippen LogP contribution in [0, 0.1) is 18.7 Å². The predicted octanol–water partition coefficient (Wildman–Crippen LogP) is 2.50. The summed E-state index contributed by atoms with van der Waals surface area (Å²) in [5.41, 5.74) is 1.51. The summed E-state index contributed by atoms with van der Waals surface area (Å²) < 4.78 is 14.4. The molecule has 0 spiro atoms. The molecular weight excluding hydrogens is 283 g/mol. The third kappa shape index (κ3) is 2.16. The summed E-state index contributed by atoms with van der Waals surface area (Å²) in [7, 11) is 0. The summed E-state index contributed by atoms with van der Waals surface area (Å²) in [5.74, 6) is -1.75. The van der Waals surface area contributed by atoms with E-state index in [0.29, 0.717) is 11.3 Å². The van der Waals surface area contributed by atoms with Gasteiger partial charge in [0, 0.05) is 23.6 Å². The number of Topliss-reactive ketones (excluding diaryl/α,β-unsaturated/α-hetero) is 1. The average Bonchev–Trinajstić information content (AvgIpc) is 2.77. The lowest BCUT2D eigenvalue weighted by molar-refractivity contribution is -0.130. The lowest BCUT2D eigenvalue weighted by Crippen LogP contribution is -2.48. The van der Waals surface area contributed by atoms with Crippen LogP contribution in [0.5, 0.6) is 0 Å². The number of aliphatic hydroxyl groups is 1. The maximum Gasteiger partial charge on any atom is 0.136 e. The number of halogens is 1. The summed E-state index contributed by atoms with van der Waals surface area (Å²) in [5, 5.41) is 17.9. The van der Waals surface area contributed by atoms with E-state index in [4.69, 9.17) is 0 Å². The maximum absolute atomic E-state index is 14.4. The molecule has 1 heterocycles.